The van der Waals surface area contributed by atoms with Crippen molar-refractivity contribution in [2.45, 2.75) is 4.90 Å². The molecule has 2 rings (SSSR count). The average Bonchev–Trinajstić information content (AvgIpc) is 2.74. The summed E-state index contributed by atoms with van der Waals surface area (Å²) < 4.78 is 36.7. The Bertz CT molecular complexity index is 1120. The lowest BCUT2D eigenvalue weighted by Crippen LogP contribution is -2.36. The van der Waals surface area contributed by atoms with Gasteiger partial charge < -0.3 is 9.47 Å². The van der Waals surface area contributed by atoms with Crippen LogP contribution < -0.4 is 14.9 Å². The molecule has 1 N–H and O–H groups in total. The lowest BCUT2D eigenvalue weighted by molar-refractivity contribution is -0.384. The standard InChI is InChI=1S/C18H19ClN4O7S/c1-22(31(27,28)17-9-14(29-2)5-7-16(17)30-3)11-18(24)21-20-10-12-8-13(23(25)26)4-6-15(12)19/h4-10H,11H2,1-3H3,(H,21,24)/b20-10+. The van der Waals surface area contributed by atoms with Crippen molar-refractivity contribution in [2.75, 3.05) is 27.8 Å². The number of nitrogens with one attached hydrogen (secondary N) is 1. The van der Waals surface area contributed by atoms with E-state index in [9.17, 15) is 23.3 Å². The van der Waals surface area contributed by atoms with E-state index in [1.807, 2.05) is 0 Å². The number of likely N-dealkylation sites (N-methyl/N-ethyl adjacent to an activating group) is 1. The van der Waals surface area contributed by atoms with Gasteiger partial charge in [0.25, 0.3) is 11.6 Å². The van der Waals surface area contributed by atoms with Gasteiger partial charge in [0.05, 0.1) is 31.9 Å². The normalized spacial score (nSPS) is 11.5. The Morgan fingerprint density at radius 3 is 2.58 bits per heavy atom. The molecule has 0 radical (unpaired) electrons. The van der Waals surface area contributed by atoms with Gasteiger partial charge in [-0.3, -0.25) is 14.9 Å². The molecule has 31 heavy (non-hydrogen) atoms. The fourth-order valence-electron chi connectivity index (χ4n) is 2.39. The number of ether oxygens (including phenoxy) is 2. The van der Waals surface area contributed by atoms with Gasteiger partial charge in [-0.05, 0) is 18.2 Å². The van der Waals surface area contributed by atoms with E-state index < -0.39 is 27.4 Å². The van der Waals surface area contributed by atoms with Gasteiger partial charge in [-0.1, -0.05) is 11.6 Å². The van der Waals surface area contributed by atoms with Gasteiger partial charge in [0, 0.05) is 35.8 Å². The second-order valence-electron chi connectivity index (χ2n) is 6.03. The summed E-state index contributed by atoms with van der Waals surface area (Å²) in [4.78, 5) is 22.2. The van der Waals surface area contributed by atoms with Crippen LogP contribution in [0.5, 0.6) is 11.5 Å². The molecule has 0 fully saturated rings. The summed E-state index contributed by atoms with van der Waals surface area (Å²) in [7, 11) is -0.161. The number of carbonyl (C=O) groups is 1. The van der Waals surface area contributed by atoms with Crippen LogP contribution in [0.15, 0.2) is 46.4 Å². The molecule has 166 valence electrons. The smallest absolute Gasteiger partial charge is 0.270 e. The van der Waals surface area contributed by atoms with Crippen LogP contribution in [0.4, 0.5) is 5.69 Å². The van der Waals surface area contributed by atoms with Crippen molar-refractivity contribution in [1.29, 1.82) is 0 Å². The minimum absolute atomic E-state index is 0.0893. The van der Waals surface area contributed by atoms with E-state index in [2.05, 4.69) is 10.5 Å². The zero-order chi connectivity index (χ0) is 23.2. The monoisotopic (exact) mass is 470 g/mol. The van der Waals surface area contributed by atoms with Crippen molar-refractivity contribution in [2.24, 2.45) is 5.10 Å². The van der Waals surface area contributed by atoms with Crippen molar-refractivity contribution in [3.05, 3.63) is 57.1 Å². The maximum Gasteiger partial charge on any atom is 0.270 e. The number of non-ortho nitro benzene ring substituents is 1. The highest BCUT2D eigenvalue weighted by atomic mass is 35.5. The number of nitrogens with zero attached hydrogens (tertiary/aromatic N) is 3. The Balaban J connectivity index is 2.11. The van der Waals surface area contributed by atoms with E-state index in [4.69, 9.17) is 21.1 Å². The Morgan fingerprint density at radius 2 is 1.97 bits per heavy atom. The lowest BCUT2D eigenvalue weighted by Gasteiger charge is -2.18. The van der Waals surface area contributed by atoms with E-state index >= 15 is 0 Å². The summed E-state index contributed by atoms with van der Waals surface area (Å²) in [6, 6.07) is 8.00. The van der Waals surface area contributed by atoms with E-state index in [0.717, 1.165) is 10.5 Å². The first kappa shape index (κ1) is 24.1. The number of hydrogen-bond donors (Lipinski definition) is 1. The van der Waals surface area contributed by atoms with Gasteiger partial charge >= 0.3 is 0 Å². The minimum atomic E-state index is -4.09. The third kappa shape index (κ3) is 5.90. The molecule has 0 aliphatic heterocycles. The zero-order valence-electron chi connectivity index (χ0n) is 16.7. The van der Waals surface area contributed by atoms with Crippen molar-refractivity contribution in [3.8, 4) is 11.5 Å². The van der Waals surface area contributed by atoms with E-state index in [1.54, 1.807) is 6.07 Å². The number of amides is 1. The highest BCUT2D eigenvalue weighted by molar-refractivity contribution is 7.89. The molecule has 11 nitrogen and oxygen atoms in total. The highest BCUT2D eigenvalue weighted by Gasteiger charge is 2.27. The summed E-state index contributed by atoms with van der Waals surface area (Å²) in [6.45, 7) is -0.553. The molecule has 0 saturated carbocycles. The number of rotatable bonds is 9. The van der Waals surface area contributed by atoms with Crippen LogP contribution in [0.2, 0.25) is 5.02 Å². The first-order valence-corrected chi connectivity index (χ1v) is 10.4. The maximum absolute atomic E-state index is 12.8. The van der Waals surface area contributed by atoms with Gasteiger partial charge in [-0.25, -0.2) is 13.8 Å². The molecular formula is C18H19ClN4O7S. The molecule has 0 aromatic heterocycles. The van der Waals surface area contributed by atoms with E-state index in [-0.39, 0.29) is 26.9 Å². The number of nitro benzene ring substituents is 1. The van der Waals surface area contributed by atoms with Gasteiger partial charge in [-0.15, -0.1) is 0 Å². The Labute approximate surface area is 183 Å². The molecule has 1 amide bonds. The number of sulfonamides is 1. The molecule has 2 aromatic rings. The van der Waals surface area contributed by atoms with Crippen LogP contribution in [0.1, 0.15) is 5.56 Å². The summed E-state index contributed by atoms with van der Waals surface area (Å²) in [5.74, 6) is -0.354. The zero-order valence-corrected chi connectivity index (χ0v) is 18.3. The number of nitro groups is 1. The molecule has 0 saturated heterocycles. The van der Waals surface area contributed by atoms with Crippen molar-refractivity contribution in [3.63, 3.8) is 0 Å². The fraction of sp³-hybridized carbons (Fsp3) is 0.222. The van der Waals surface area contributed by atoms with Crippen LogP contribution in [0.3, 0.4) is 0 Å². The molecule has 0 aliphatic rings. The molecule has 0 aliphatic carbocycles. The van der Waals surface area contributed by atoms with Gasteiger partial charge in [0.2, 0.25) is 10.0 Å². The number of methoxy groups -OCH3 is 2. The van der Waals surface area contributed by atoms with Crippen LogP contribution in [0.25, 0.3) is 0 Å². The first-order valence-electron chi connectivity index (χ1n) is 8.54. The number of hydrazone groups is 1. The molecule has 13 heteroatoms. The Morgan fingerprint density at radius 1 is 1.26 bits per heavy atom. The summed E-state index contributed by atoms with van der Waals surface area (Å²) in [6.07, 6.45) is 1.12. The van der Waals surface area contributed by atoms with Gasteiger partial charge in [0.1, 0.15) is 16.4 Å². The van der Waals surface area contributed by atoms with Crippen molar-refractivity contribution < 1.29 is 27.6 Å². The highest BCUT2D eigenvalue weighted by Crippen LogP contribution is 2.30. The summed E-state index contributed by atoms with van der Waals surface area (Å²) >= 11 is 5.95. The second-order valence-corrected chi connectivity index (χ2v) is 8.45. The van der Waals surface area contributed by atoms with Crippen LogP contribution in [-0.4, -0.2) is 57.6 Å². The van der Waals surface area contributed by atoms with Crippen LogP contribution in [0, 0.1) is 10.1 Å². The second kappa shape index (κ2) is 10.2. The SMILES string of the molecule is COc1ccc(OC)c(S(=O)(=O)N(C)CC(=O)N/N=C/c2cc([N+](=O)[O-])ccc2Cl)c1. The predicted molar refractivity (Wildman–Crippen MR) is 113 cm³/mol. The molecule has 2 aromatic carbocycles. The molecule has 0 unspecified atom stereocenters. The third-order valence-corrected chi connectivity index (χ3v) is 6.18. The summed E-state index contributed by atoms with van der Waals surface area (Å²) in [5.41, 5.74) is 2.16. The predicted octanol–water partition coefficient (Wildman–Crippen LogP) is 2.04. The van der Waals surface area contributed by atoms with Crippen molar-refractivity contribution >= 4 is 39.4 Å². The van der Waals surface area contributed by atoms with E-state index in [0.29, 0.717) is 5.75 Å². The molecule has 0 heterocycles. The maximum atomic E-state index is 12.8. The third-order valence-electron chi connectivity index (χ3n) is 4.01. The molecule has 0 spiro atoms. The minimum Gasteiger partial charge on any atom is -0.497 e. The number of carbonyl (C=O) groups excluding carboxylic acids is 1. The quantitative estimate of drug-likeness (QED) is 0.336. The van der Waals surface area contributed by atoms with E-state index in [1.165, 1.54) is 51.6 Å². The largest absolute Gasteiger partial charge is 0.497 e. The Hall–Kier alpha value is -3.22. The lowest BCUT2D eigenvalue weighted by atomic mass is 10.2. The summed E-state index contributed by atoms with van der Waals surface area (Å²) in [5, 5.41) is 14.7. The molecular weight excluding hydrogens is 452 g/mol. The first-order chi connectivity index (χ1) is 14.6. The molecule has 0 atom stereocenters. The number of benzene rings is 2. The van der Waals surface area contributed by atoms with Crippen LogP contribution >= 0.6 is 11.6 Å². The van der Waals surface area contributed by atoms with Crippen molar-refractivity contribution in [1.82, 2.24) is 9.73 Å². The molecule has 0 bridgehead atoms. The van der Waals surface area contributed by atoms with Gasteiger partial charge in [-0.2, -0.15) is 9.41 Å². The fourth-order valence-corrected chi connectivity index (χ4v) is 3.85. The average molecular weight is 471 g/mol. The number of halogens is 1. The Kier molecular flexibility index (Phi) is 7.91. The number of hydrogen-bond acceptors (Lipinski definition) is 8. The van der Waals surface area contributed by atoms with Crippen LogP contribution in [-0.2, 0) is 14.8 Å². The topological polar surface area (TPSA) is 140 Å². The van der Waals surface area contributed by atoms with Gasteiger partial charge in [0.15, 0.2) is 0 Å².